The fourth-order valence-electron chi connectivity index (χ4n) is 1.92. The largest absolute Gasteiger partial charge is 0.496 e. The second-order valence-electron chi connectivity index (χ2n) is 5.47. The van der Waals surface area contributed by atoms with Crippen molar-refractivity contribution in [2.75, 3.05) is 7.11 Å². The lowest BCUT2D eigenvalue weighted by atomic mass is 9.97. The van der Waals surface area contributed by atoms with E-state index in [1.165, 1.54) is 0 Å². The van der Waals surface area contributed by atoms with E-state index in [9.17, 15) is 0 Å². The van der Waals surface area contributed by atoms with Crippen LogP contribution in [-0.4, -0.2) is 18.8 Å². The first-order valence-electron chi connectivity index (χ1n) is 7.01. The van der Waals surface area contributed by atoms with E-state index in [1.54, 1.807) is 7.11 Å². The average molecular weight is 265 g/mol. The molecule has 1 rings (SSSR count). The van der Waals surface area contributed by atoms with Gasteiger partial charge in [-0.25, -0.2) is 0 Å². The van der Waals surface area contributed by atoms with Crippen molar-refractivity contribution in [3.05, 3.63) is 29.8 Å². The van der Waals surface area contributed by atoms with E-state index in [1.807, 2.05) is 24.3 Å². The number of methoxy groups -OCH3 is 1. The van der Waals surface area contributed by atoms with Gasteiger partial charge in [0.15, 0.2) is 0 Å². The molecule has 1 aromatic carbocycles. The maximum absolute atomic E-state index is 6.26. The minimum atomic E-state index is -0.196. The second-order valence-corrected chi connectivity index (χ2v) is 5.47. The lowest BCUT2D eigenvalue weighted by Crippen LogP contribution is -2.36. The molecule has 108 valence electrons. The molecule has 0 heterocycles. The van der Waals surface area contributed by atoms with Gasteiger partial charge in [0.2, 0.25) is 0 Å². The van der Waals surface area contributed by atoms with Crippen LogP contribution in [0.5, 0.6) is 5.75 Å². The first-order valence-corrected chi connectivity index (χ1v) is 7.01. The normalized spacial score (nSPS) is 15.1. The number of nitrogens with two attached hydrogens (primary N) is 1. The van der Waals surface area contributed by atoms with E-state index in [2.05, 4.69) is 27.7 Å². The molecule has 1 aromatic rings. The summed E-state index contributed by atoms with van der Waals surface area (Å²) in [4.78, 5) is 0. The summed E-state index contributed by atoms with van der Waals surface area (Å²) in [7, 11) is 1.68. The van der Waals surface area contributed by atoms with Crippen LogP contribution in [0, 0.1) is 0 Å². The SMILES string of the molecule is CCC(N)C(OC(C)(C)CC)c1ccccc1OC. The molecule has 0 amide bonds. The minimum Gasteiger partial charge on any atom is -0.496 e. The molecule has 0 aliphatic carbocycles. The number of para-hydroxylation sites is 1. The fraction of sp³-hybridized carbons (Fsp3) is 0.625. The van der Waals surface area contributed by atoms with Gasteiger partial charge in [-0.05, 0) is 32.8 Å². The van der Waals surface area contributed by atoms with Gasteiger partial charge < -0.3 is 15.2 Å². The number of rotatable bonds is 7. The molecule has 0 spiro atoms. The molecule has 3 heteroatoms. The van der Waals surface area contributed by atoms with Crippen molar-refractivity contribution in [2.24, 2.45) is 5.73 Å². The third-order valence-electron chi connectivity index (χ3n) is 3.60. The van der Waals surface area contributed by atoms with Gasteiger partial charge in [0.25, 0.3) is 0 Å². The van der Waals surface area contributed by atoms with Crippen molar-refractivity contribution >= 4 is 0 Å². The molecule has 3 nitrogen and oxygen atoms in total. The van der Waals surface area contributed by atoms with Crippen molar-refractivity contribution in [3.8, 4) is 5.75 Å². The van der Waals surface area contributed by atoms with Gasteiger partial charge in [-0.2, -0.15) is 0 Å². The summed E-state index contributed by atoms with van der Waals surface area (Å²) in [5.74, 6) is 0.836. The Balaban J connectivity index is 3.09. The summed E-state index contributed by atoms with van der Waals surface area (Å²) >= 11 is 0. The van der Waals surface area contributed by atoms with Gasteiger partial charge >= 0.3 is 0 Å². The Labute approximate surface area is 117 Å². The summed E-state index contributed by atoms with van der Waals surface area (Å²) in [6.45, 7) is 8.39. The van der Waals surface area contributed by atoms with Gasteiger partial charge in [0.1, 0.15) is 11.9 Å². The number of hydrogen-bond acceptors (Lipinski definition) is 3. The van der Waals surface area contributed by atoms with Crippen LogP contribution < -0.4 is 10.5 Å². The highest BCUT2D eigenvalue weighted by molar-refractivity contribution is 5.36. The summed E-state index contributed by atoms with van der Waals surface area (Å²) in [6, 6.07) is 7.90. The van der Waals surface area contributed by atoms with Gasteiger partial charge in [-0.15, -0.1) is 0 Å². The molecule has 0 bridgehead atoms. The first kappa shape index (κ1) is 16.0. The lowest BCUT2D eigenvalue weighted by Gasteiger charge is -2.34. The molecule has 2 unspecified atom stereocenters. The number of ether oxygens (including phenoxy) is 2. The summed E-state index contributed by atoms with van der Waals surface area (Å²) in [5.41, 5.74) is 7.09. The van der Waals surface area contributed by atoms with Crippen LogP contribution in [0.25, 0.3) is 0 Å². The van der Waals surface area contributed by atoms with Gasteiger partial charge in [-0.3, -0.25) is 0 Å². The average Bonchev–Trinajstić information content (AvgIpc) is 2.44. The minimum absolute atomic E-state index is 0.0397. The standard InChI is InChI=1S/C16H27NO2/c1-6-13(17)15(19-16(3,4)7-2)12-10-8-9-11-14(12)18-5/h8-11,13,15H,6-7,17H2,1-5H3. The van der Waals surface area contributed by atoms with E-state index in [0.717, 1.165) is 24.2 Å². The predicted molar refractivity (Wildman–Crippen MR) is 79.5 cm³/mol. The molecule has 0 saturated carbocycles. The highest BCUT2D eigenvalue weighted by Crippen LogP contribution is 2.34. The van der Waals surface area contributed by atoms with Crippen LogP contribution in [0.15, 0.2) is 24.3 Å². The third kappa shape index (κ3) is 4.22. The monoisotopic (exact) mass is 265 g/mol. The number of hydrogen-bond donors (Lipinski definition) is 1. The molecule has 0 aliphatic heterocycles. The van der Waals surface area contributed by atoms with Gasteiger partial charge in [0.05, 0.1) is 12.7 Å². The van der Waals surface area contributed by atoms with Crippen molar-refractivity contribution in [2.45, 2.75) is 58.3 Å². The predicted octanol–water partition coefficient (Wildman–Crippen LogP) is 3.68. The topological polar surface area (TPSA) is 44.5 Å². The zero-order valence-electron chi connectivity index (χ0n) is 12.8. The van der Waals surface area contributed by atoms with Crippen molar-refractivity contribution in [3.63, 3.8) is 0 Å². The van der Waals surface area contributed by atoms with Crippen LogP contribution in [0.3, 0.4) is 0 Å². The van der Waals surface area contributed by atoms with Crippen LogP contribution in [0.4, 0.5) is 0 Å². The van der Waals surface area contributed by atoms with Crippen LogP contribution in [0.2, 0.25) is 0 Å². The molecular weight excluding hydrogens is 238 g/mol. The van der Waals surface area contributed by atoms with E-state index in [4.69, 9.17) is 15.2 Å². The molecule has 19 heavy (non-hydrogen) atoms. The highest BCUT2D eigenvalue weighted by Gasteiger charge is 2.28. The van der Waals surface area contributed by atoms with E-state index < -0.39 is 0 Å². The van der Waals surface area contributed by atoms with Crippen molar-refractivity contribution in [1.82, 2.24) is 0 Å². The summed E-state index contributed by atoms with van der Waals surface area (Å²) in [5, 5.41) is 0. The Morgan fingerprint density at radius 1 is 1.21 bits per heavy atom. The summed E-state index contributed by atoms with van der Waals surface area (Å²) < 4.78 is 11.7. The molecule has 0 fully saturated rings. The Hall–Kier alpha value is -1.06. The smallest absolute Gasteiger partial charge is 0.124 e. The van der Waals surface area contributed by atoms with Crippen molar-refractivity contribution < 1.29 is 9.47 Å². The van der Waals surface area contributed by atoms with Crippen LogP contribution in [0.1, 0.15) is 52.2 Å². The van der Waals surface area contributed by atoms with Crippen molar-refractivity contribution in [1.29, 1.82) is 0 Å². The highest BCUT2D eigenvalue weighted by atomic mass is 16.5. The fourth-order valence-corrected chi connectivity index (χ4v) is 1.92. The van der Waals surface area contributed by atoms with Crippen LogP contribution in [-0.2, 0) is 4.74 Å². The Morgan fingerprint density at radius 2 is 1.84 bits per heavy atom. The zero-order valence-corrected chi connectivity index (χ0v) is 12.8. The molecular formula is C16H27NO2. The maximum atomic E-state index is 6.26. The second kappa shape index (κ2) is 6.92. The quantitative estimate of drug-likeness (QED) is 0.818. The van der Waals surface area contributed by atoms with E-state index in [-0.39, 0.29) is 17.7 Å². The van der Waals surface area contributed by atoms with Gasteiger partial charge in [0, 0.05) is 11.6 Å². The molecule has 0 saturated heterocycles. The molecule has 2 atom stereocenters. The molecule has 0 aromatic heterocycles. The Bertz CT molecular complexity index is 390. The maximum Gasteiger partial charge on any atom is 0.124 e. The zero-order chi connectivity index (χ0) is 14.5. The Morgan fingerprint density at radius 3 is 2.37 bits per heavy atom. The molecule has 2 N–H and O–H groups in total. The first-order chi connectivity index (χ1) is 8.95. The lowest BCUT2D eigenvalue weighted by molar-refractivity contribution is -0.0864. The summed E-state index contributed by atoms with van der Waals surface area (Å²) in [6.07, 6.45) is 1.66. The van der Waals surface area contributed by atoms with Gasteiger partial charge in [-0.1, -0.05) is 32.0 Å². The molecule has 0 aliphatic rings. The number of benzene rings is 1. The third-order valence-corrected chi connectivity index (χ3v) is 3.60. The molecule has 0 radical (unpaired) electrons. The van der Waals surface area contributed by atoms with Crippen LogP contribution >= 0.6 is 0 Å². The van der Waals surface area contributed by atoms with E-state index in [0.29, 0.717) is 0 Å². The Kier molecular flexibility index (Phi) is 5.83. The van der Waals surface area contributed by atoms with E-state index >= 15 is 0 Å².